The minimum absolute atomic E-state index is 0.0416. The van der Waals surface area contributed by atoms with Crippen LogP contribution in [-0.4, -0.2) is 43.7 Å². The van der Waals surface area contributed by atoms with Crippen molar-refractivity contribution in [3.8, 4) is 0 Å². The number of nitrogens with one attached hydrogen (secondary N) is 2. The monoisotopic (exact) mass is 399 g/mol. The number of nitrogens with two attached hydrogens (primary N) is 1. The number of rotatable bonds is 15. The molecule has 0 rings (SSSR count). The van der Waals surface area contributed by atoms with Gasteiger partial charge in [0.2, 0.25) is 11.8 Å². The second-order valence-electron chi connectivity index (χ2n) is 8.88. The van der Waals surface area contributed by atoms with E-state index >= 15 is 0 Å². The minimum Gasteiger partial charge on any atom is -0.373 e. The van der Waals surface area contributed by atoms with Crippen LogP contribution < -0.4 is 16.4 Å². The van der Waals surface area contributed by atoms with Crippen LogP contribution in [0.5, 0.6) is 0 Å². The molecule has 2 amide bonds. The topological polar surface area (TPSA) is 93.4 Å². The third-order valence-electron chi connectivity index (χ3n) is 5.23. The fourth-order valence-corrected chi connectivity index (χ4v) is 3.34. The van der Waals surface area contributed by atoms with Crippen molar-refractivity contribution >= 4 is 11.8 Å². The largest absolute Gasteiger partial charge is 0.373 e. The predicted molar refractivity (Wildman–Crippen MR) is 116 cm³/mol. The molecule has 0 aromatic rings. The Bertz CT molecular complexity index is 452. The Morgan fingerprint density at radius 1 is 0.964 bits per heavy atom. The van der Waals surface area contributed by atoms with Gasteiger partial charge in [0.15, 0.2) is 0 Å². The Morgan fingerprint density at radius 2 is 1.50 bits per heavy atom. The molecule has 0 fully saturated rings. The summed E-state index contributed by atoms with van der Waals surface area (Å²) >= 11 is 0. The van der Waals surface area contributed by atoms with E-state index in [-0.39, 0.29) is 29.6 Å². The highest BCUT2D eigenvalue weighted by Gasteiger charge is 2.28. The summed E-state index contributed by atoms with van der Waals surface area (Å²) in [5.41, 5.74) is 5.00. The molecule has 3 atom stereocenters. The first-order chi connectivity index (χ1) is 13.1. The summed E-state index contributed by atoms with van der Waals surface area (Å²) in [7, 11) is 0. The second kappa shape index (κ2) is 13.9. The number of carbonyl (C=O) groups excluding carboxylic acids is 2. The van der Waals surface area contributed by atoms with Gasteiger partial charge in [-0.1, -0.05) is 47.5 Å². The molecule has 0 aliphatic carbocycles. The molecule has 0 radical (unpaired) electrons. The summed E-state index contributed by atoms with van der Waals surface area (Å²) in [6, 6.07) is 0. The van der Waals surface area contributed by atoms with Crippen LogP contribution in [0.15, 0.2) is 0 Å². The molecule has 0 bridgehead atoms. The lowest BCUT2D eigenvalue weighted by Gasteiger charge is -2.31. The molecule has 6 nitrogen and oxygen atoms in total. The zero-order valence-electron chi connectivity index (χ0n) is 19.3. The van der Waals surface area contributed by atoms with E-state index in [9.17, 15) is 9.59 Å². The Kier molecular flexibility index (Phi) is 13.4. The number of ether oxygens (including phenoxy) is 1. The zero-order valence-corrected chi connectivity index (χ0v) is 19.3. The van der Waals surface area contributed by atoms with E-state index in [0.29, 0.717) is 32.2 Å². The summed E-state index contributed by atoms with van der Waals surface area (Å²) in [6.07, 6.45) is 3.67. The van der Waals surface area contributed by atoms with Gasteiger partial charge < -0.3 is 21.1 Å². The Labute approximate surface area is 172 Å². The number of carbonyl (C=O) groups is 2. The summed E-state index contributed by atoms with van der Waals surface area (Å²) < 4.78 is 6.10. The third kappa shape index (κ3) is 10.4. The van der Waals surface area contributed by atoms with E-state index < -0.39 is 5.60 Å². The van der Waals surface area contributed by atoms with Crippen molar-refractivity contribution in [2.24, 2.45) is 29.4 Å². The van der Waals surface area contributed by atoms with E-state index in [1.807, 2.05) is 20.8 Å². The molecule has 0 saturated heterocycles. The Hall–Kier alpha value is -1.14. The maximum absolute atomic E-state index is 12.5. The highest BCUT2D eigenvalue weighted by atomic mass is 16.5. The summed E-state index contributed by atoms with van der Waals surface area (Å²) in [6.45, 7) is 16.3. The molecular weight excluding hydrogens is 354 g/mol. The molecule has 0 aromatic carbocycles. The zero-order chi connectivity index (χ0) is 21.7. The Morgan fingerprint density at radius 3 is 2.00 bits per heavy atom. The normalized spacial score (nSPS) is 15.2. The third-order valence-corrected chi connectivity index (χ3v) is 5.23. The van der Waals surface area contributed by atoms with Crippen LogP contribution in [0.1, 0.15) is 74.1 Å². The fraction of sp³-hybridized carbons (Fsp3) is 0.909. The van der Waals surface area contributed by atoms with Gasteiger partial charge in [0, 0.05) is 31.5 Å². The lowest BCUT2D eigenvalue weighted by atomic mass is 9.89. The van der Waals surface area contributed by atoms with Crippen molar-refractivity contribution in [3.63, 3.8) is 0 Å². The highest BCUT2D eigenvalue weighted by molar-refractivity contribution is 5.79. The molecule has 4 N–H and O–H groups in total. The number of hydrogen-bond donors (Lipinski definition) is 3. The Balaban J connectivity index is 4.65. The van der Waals surface area contributed by atoms with Crippen LogP contribution in [0.25, 0.3) is 0 Å². The molecule has 0 saturated carbocycles. The van der Waals surface area contributed by atoms with Gasteiger partial charge in [-0.25, -0.2) is 0 Å². The van der Waals surface area contributed by atoms with Crippen molar-refractivity contribution in [3.05, 3.63) is 0 Å². The molecule has 0 aliphatic heterocycles. The van der Waals surface area contributed by atoms with Crippen molar-refractivity contribution in [2.45, 2.75) is 79.8 Å². The van der Waals surface area contributed by atoms with Crippen LogP contribution in [0.3, 0.4) is 0 Å². The van der Waals surface area contributed by atoms with Gasteiger partial charge in [0.05, 0.1) is 12.2 Å². The van der Waals surface area contributed by atoms with Gasteiger partial charge in [-0.05, 0) is 38.5 Å². The first kappa shape index (κ1) is 26.9. The van der Waals surface area contributed by atoms with E-state index in [1.165, 1.54) is 0 Å². The van der Waals surface area contributed by atoms with Crippen LogP contribution in [-0.2, 0) is 14.3 Å². The first-order valence-electron chi connectivity index (χ1n) is 11.0. The fourth-order valence-electron chi connectivity index (χ4n) is 3.34. The van der Waals surface area contributed by atoms with Gasteiger partial charge in [0.1, 0.15) is 0 Å². The predicted octanol–water partition coefficient (Wildman–Crippen LogP) is 3.10. The molecule has 1 unspecified atom stereocenters. The average molecular weight is 400 g/mol. The maximum Gasteiger partial charge on any atom is 0.223 e. The van der Waals surface area contributed by atoms with Gasteiger partial charge in [-0.15, -0.1) is 0 Å². The van der Waals surface area contributed by atoms with Crippen LogP contribution in [0.4, 0.5) is 0 Å². The lowest BCUT2D eigenvalue weighted by molar-refractivity contribution is -0.130. The molecule has 166 valence electrons. The molecule has 0 aliphatic rings. The SMILES string of the molecule is CCC[C@@H](C(=O)NCC(C)(C)OCC(C)[C@@H](CCC)C(=O)NCCN)C(C)C. The van der Waals surface area contributed by atoms with Gasteiger partial charge in [-0.2, -0.15) is 0 Å². The first-order valence-corrected chi connectivity index (χ1v) is 11.0. The van der Waals surface area contributed by atoms with Crippen LogP contribution >= 0.6 is 0 Å². The molecule has 0 aromatic heterocycles. The molecule has 0 heterocycles. The average Bonchev–Trinajstić information content (AvgIpc) is 2.64. The van der Waals surface area contributed by atoms with Crippen molar-refractivity contribution in [1.29, 1.82) is 0 Å². The molecular formula is C22H45N3O3. The second-order valence-corrected chi connectivity index (χ2v) is 8.88. The lowest BCUT2D eigenvalue weighted by Crippen LogP contribution is -2.45. The van der Waals surface area contributed by atoms with Gasteiger partial charge >= 0.3 is 0 Å². The van der Waals surface area contributed by atoms with Crippen molar-refractivity contribution < 1.29 is 14.3 Å². The van der Waals surface area contributed by atoms with Crippen molar-refractivity contribution in [2.75, 3.05) is 26.2 Å². The van der Waals surface area contributed by atoms with E-state index in [1.54, 1.807) is 0 Å². The molecule has 0 spiro atoms. The van der Waals surface area contributed by atoms with Crippen molar-refractivity contribution in [1.82, 2.24) is 10.6 Å². The number of amides is 2. The summed E-state index contributed by atoms with van der Waals surface area (Å²) in [5.74, 6) is 0.527. The summed E-state index contributed by atoms with van der Waals surface area (Å²) in [5, 5.41) is 5.95. The minimum atomic E-state index is -0.484. The standard InChI is InChI=1S/C22H45N3O3/c1-8-10-18(16(3)4)20(26)25-15-22(6,7)28-14-17(5)19(11-9-2)21(27)24-13-12-23/h16-19H,8-15,23H2,1-7H3,(H,24,27)(H,25,26)/t17?,18-,19-/m1/s1. The smallest absolute Gasteiger partial charge is 0.223 e. The summed E-state index contributed by atoms with van der Waals surface area (Å²) in [4.78, 5) is 24.9. The van der Waals surface area contributed by atoms with Crippen LogP contribution in [0, 0.1) is 23.7 Å². The molecule has 28 heavy (non-hydrogen) atoms. The van der Waals surface area contributed by atoms with E-state index in [2.05, 4.69) is 38.3 Å². The van der Waals surface area contributed by atoms with Crippen LogP contribution in [0.2, 0.25) is 0 Å². The van der Waals surface area contributed by atoms with Gasteiger partial charge in [-0.3, -0.25) is 9.59 Å². The van der Waals surface area contributed by atoms with E-state index in [4.69, 9.17) is 10.5 Å². The highest BCUT2D eigenvalue weighted by Crippen LogP contribution is 2.22. The maximum atomic E-state index is 12.5. The molecule has 6 heteroatoms. The van der Waals surface area contributed by atoms with Gasteiger partial charge in [0.25, 0.3) is 0 Å². The quantitative estimate of drug-likeness (QED) is 0.394. The van der Waals surface area contributed by atoms with E-state index in [0.717, 1.165) is 25.7 Å². The number of hydrogen-bond acceptors (Lipinski definition) is 4.